The van der Waals surface area contributed by atoms with Crippen LogP contribution in [0.15, 0.2) is 11.6 Å². The maximum Gasteiger partial charge on any atom is 0.310 e. The monoisotopic (exact) mass is 1350 g/mol. The second kappa shape index (κ2) is 27.5. The molecule has 0 radical (unpaired) electrons. The molecule has 30 nitrogen and oxygen atoms in total. The fourth-order valence-electron chi connectivity index (χ4n) is 18.9. The van der Waals surface area contributed by atoms with Crippen molar-refractivity contribution in [2.75, 3.05) is 33.0 Å². The SMILES string of the molecule is C[C@@H]1O[C@@H](O[C@H]2[C@H](O[C@H]3CC[C@@]4(C)[C@@H](CC[C@]5(C)[C@@H]4CC=C4[C@@H]6CC(C)(C)CC[C@]6(C(=O)O)CC[C@]45C)[C@]3(C)CO)OC[C@H](O[C@@H]3O[C@@H](C)[C@H](O)[C@@H](O)[C@H]3O)[C@@H]2O[C@@H]2O[C@H](CO)[C@@H](O)[C@H](O[C@@H]3OC[C@@H](O)[C@H](O)[C@H]3O)[C@H]2O[C@@H]2O[C@H](CO)[C@@H](O)[C@H](O)[C@H]2O)[C@H](O)[C@H](O)[C@H]1O. The number of rotatable bonds is 16. The summed E-state index contributed by atoms with van der Waals surface area (Å²) in [6.45, 7) is 12.6. The average molecular weight is 1350 g/mol. The molecule has 11 aliphatic rings. The van der Waals surface area contributed by atoms with Gasteiger partial charge in [0.15, 0.2) is 37.7 Å². The first kappa shape index (κ1) is 73.3. The Morgan fingerprint density at radius 3 is 1.63 bits per heavy atom. The minimum atomic E-state index is -2.16. The molecule has 17 N–H and O–H groups in total. The van der Waals surface area contributed by atoms with Crippen molar-refractivity contribution >= 4 is 5.97 Å². The number of aliphatic hydroxyl groups is 16. The lowest BCUT2D eigenvalue weighted by atomic mass is 9.33. The summed E-state index contributed by atoms with van der Waals surface area (Å²) in [4.78, 5) is 13.4. The maximum atomic E-state index is 13.4. The third-order valence-electron chi connectivity index (χ3n) is 25.0. The zero-order valence-electron chi connectivity index (χ0n) is 54.6. The maximum absolute atomic E-state index is 13.4. The van der Waals surface area contributed by atoms with Crippen LogP contribution < -0.4 is 0 Å². The van der Waals surface area contributed by atoms with E-state index < -0.39 is 233 Å². The third-order valence-corrected chi connectivity index (χ3v) is 25.0. The zero-order valence-corrected chi connectivity index (χ0v) is 54.6. The molecule has 540 valence electrons. The number of carboxylic acid groups (broad SMARTS) is 1. The van der Waals surface area contributed by atoms with Gasteiger partial charge in [-0.15, -0.1) is 0 Å². The van der Waals surface area contributed by atoms with Crippen LogP contribution in [0.25, 0.3) is 0 Å². The normalized spacial score (nSPS) is 55.3. The molecule has 4 saturated carbocycles. The highest BCUT2D eigenvalue weighted by Gasteiger charge is 2.71. The summed E-state index contributed by atoms with van der Waals surface area (Å²) in [6.07, 6.45) is -43.6. The van der Waals surface area contributed by atoms with Crippen LogP contribution in [-0.2, 0) is 61.6 Å². The van der Waals surface area contributed by atoms with Crippen LogP contribution in [0.3, 0.4) is 0 Å². The van der Waals surface area contributed by atoms with Gasteiger partial charge in [0.2, 0.25) is 0 Å². The number of carboxylic acids is 1. The standard InChI is InChI=1S/C64H104O30/c1-25-36(69)41(74)45(78)53(85-25)89-32-23-84-56(90-35-12-13-60(5)33(61(35,6)24-67)11-14-63(8)34(60)10-9-27-28-19-59(3,4)15-17-64(28,58(81)82)18-16-62(27,63)7)50(93-54-46(79)42(75)37(70)26(2)86-54)48(32)91-57-51(94-55-47(80)43(76)39(72)30(20-65)87-55)49(40(73)31(21-66)88-57)92-52-44(77)38(71)29(68)22-83-52/h9,25-26,28-57,65-80H,10-24H2,1-8H3,(H,81,82)/t25-,26-,28-,29+,30+,31+,32-,33+,34+,35-,36-,37-,38-,39+,40+,41+,42+,43-,44+,45+,46+,47+,48-,49-,50+,51+,52-,53-,54-,55-,56-,57-,60-,61-,62+,63+,64-/m0/s1. The Balaban J connectivity index is 0.976. The summed E-state index contributed by atoms with van der Waals surface area (Å²) in [5.41, 5.74) is -1.75. The number of ether oxygens (including phenoxy) is 12. The molecule has 11 rings (SSSR count). The lowest BCUT2D eigenvalue weighted by Gasteiger charge is -2.71. The van der Waals surface area contributed by atoms with Gasteiger partial charge in [-0.2, -0.15) is 0 Å². The molecule has 37 atom stereocenters. The highest BCUT2D eigenvalue weighted by Crippen LogP contribution is 2.76. The number of carbonyl (C=O) groups is 1. The molecule has 6 heterocycles. The minimum absolute atomic E-state index is 0.0433. The van der Waals surface area contributed by atoms with E-state index in [1.54, 1.807) is 0 Å². The predicted molar refractivity (Wildman–Crippen MR) is 315 cm³/mol. The van der Waals surface area contributed by atoms with Gasteiger partial charge in [0.1, 0.15) is 122 Å². The van der Waals surface area contributed by atoms with Gasteiger partial charge < -0.3 is 144 Å². The molecule has 0 aromatic rings. The van der Waals surface area contributed by atoms with Crippen LogP contribution in [0.1, 0.15) is 120 Å². The Morgan fingerprint density at radius 2 is 1.02 bits per heavy atom. The highest BCUT2D eigenvalue weighted by molar-refractivity contribution is 5.76. The molecular formula is C64H104O30. The zero-order chi connectivity index (χ0) is 68.4. The van der Waals surface area contributed by atoms with Gasteiger partial charge in [0, 0.05) is 5.41 Å². The van der Waals surface area contributed by atoms with Crippen LogP contribution in [0.4, 0.5) is 0 Å². The molecule has 10 fully saturated rings. The van der Waals surface area contributed by atoms with Crippen molar-refractivity contribution in [2.45, 2.75) is 298 Å². The van der Waals surface area contributed by atoms with Crippen LogP contribution in [0.2, 0.25) is 0 Å². The van der Waals surface area contributed by atoms with E-state index in [-0.39, 0.29) is 34.0 Å². The van der Waals surface area contributed by atoms with E-state index in [0.717, 1.165) is 19.3 Å². The fourth-order valence-corrected chi connectivity index (χ4v) is 18.9. The number of aliphatic hydroxyl groups excluding tert-OH is 16. The van der Waals surface area contributed by atoms with Crippen molar-refractivity contribution in [1.29, 1.82) is 0 Å². The molecule has 30 heteroatoms. The van der Waals surface area contributed by atoms with E-state index in [4.69, 9.17) is 56.8 Å². The molecule has 6 aliphatic heterocycles. The van der Waals surface area contributed by atoms with E-state index >= 15 is 0 Å². The van der Waals surface area contributed by atoms with Gasteiger partial charge in [-0.1, -0.05) is 53.2 Å². The van der Waals surface area contributed by atoms with E-state index in [2.05, 4.69) is 40.7 Å². The second-order valence-corrected chi connectivity index (χ2v) is 30.8. The summed E-state index contributed by atoms with van der Waals surface area (Å²) in [5.74, 6) is -0.996. The van der Waals surface area contributed by atoms with Crippen molar-refractivity contribution in [1.82, 2.24) is 0 Å². The lowest BCUT2D eigenvalue weighted by molar-refractivity contribution is -0.418. The van der Waals surface area contributed by atoms with E-state index in [9.17, 15) is 91.6 Å². The number of aliphatic carboxylic acids is 1. The van der Waals surface area contributed by atoms with Crippen molar-refractivity contribution < 1.29 is 148 Å². The molecule has 5 aliphatic carbocycles. The van der Waals surface area contributed by atoms with Crippen molar-refractivity contribution in [2.24, 2.45) is 50.2 Å². The predicted octanol–water partition coefficient (Wildman–Crippen LogP) is -3.52. The fraction of sp³-hybridized carbons (Fsp3) is 0.953. The van der Waals surface area contributed by atoms with Gasteiger partial charge in [-0.05, 0) is 117 Å². The quantitative estimate of drug-likeness (QED) is 0.0526. The van der Waals surface area contributed by atoms with Gasteiger partial charge in [0.05, 0.1) is 56.8 Å². The molecule has 0 unspecified atom stereocenters. The third kappa shape index (κ3) is 12.4. The summed E-state index contributed by atoms with van der Waals surface area (Å²) in [7, 11) is 0. The summed E-state index contributed by atoms with van der Waals surface area (Å²) >= 11 is 0. The molecule has 0 aromatic heterocycles. The van der Waals surface area contributed by atoms with Crippen molar-refractivity contribution in [3.8, 4) is 0 Å². The summed E-state index contributed by atoms with van der Waals surface area (Å²) in [5, 5.41) is 189. The number of fused-ring (bicyclic) bond motifs is 7. The van der Waals surface area contributed by atoms with Crippen LogP contribution in [0, 0.1) is 50.2 Å². The molecule has 0 bridgehead atoms. The Kier molecular flexibility index (Phi) is 21.4. The van der Waals surface area contributed by atoms with Gasteiger partial charge in [-0.3, -0.25) is 4.79 Å². The Morgan fingerprint density at radius 1 is 0.500 bits per heavy atom. The number of allylic oxidation sites excluding steroid dienone is 2. The first-order valence-corrected chi connectivity index (χ1v) is 33.5. The smallest absolute Gasteiger partial charge is 0.310 e. The molecule has 0 aromatic carbocycles. The summed E-state index contributed by atoms with van der Waals surface area (Å²) < 4.78 is 76.1. The largest absolute Gasteiger partial charge is 0.481 e. The molecule has 6 saturated heterocycles. The number of hydrogen-bond donors (Lipinski definition) is 17. The minimum Gasteiger partial charge on any atom is -0.481 e. The molecule has 0 spiro atoms. The van der Waals surface area contributed by atoms with Crippen LogP contribution in [0.5, 0.6) is 0 Å². The van der Waals surface area contributed by atoms with Crippen molar-refractivity contribution in [3.63, 3.8) is 0 Å². The first-order valence-electron chi connectivity index (χ1n) is 33.5. The number of hydrogen-bond acceptors (Lipinski definition) is 29. The van der Waals surface area contributed by atoms with Crippen molar-refractivity contribution in [3.05, 3.63) is 11.6 Å². The Hall–Kier alpha value is -1.91. The topological polar surface area (TPSA) is 472 Å². The first-order chi connectivity index (χ1) is 44.1. The summed E-state index contributed by atoms with van der Waals surface area (Å²) in [6, 6.07) is 0. The Bertz CT molecular complexity index is 2640. The van der Waals surface area contributed by atoms with E-state index in [0.29, 0.717) is 44.9 Å². The second-order valence-electron chi connectivity index (χ2n) is 30.8. The van der Waals surface area contributed by atoms with Crippen LogP contribution in [-0.4, -0.2) is 304 Å². The van der Waals surface area contributed by atoms with Gasteiger partial charge in [-0.25, -0.2) is 0 Å². The van der Waals surface area contributed by atoms with Gasteiger partial charge in [0.25, 0.3) is 0 Å². The van der Waals surface area contributed by atoms with Crippen LogP contribution >= 0.6 is 0 Å². The van der Waals surface area contributed by atoms with E-state index in [1.807, 2.05) is 6.92 Å². The highest BCUT2D eigenvalue weighted by atomic mass is 16.8. The van der Waals surface area contributed by atoms with Gasteiger partial charge >= 0.3 is 5.97 Å². The molecular weight excluding hydrogens is 1250 g/mol. The average Bonchev–Trinajstić information content (AvgIpc) is 0.676. The Labute approximate surface area is 545 Å². The van der Waals surface area contributed by atoms with E-state index in [1.165, 1.54) is 19.4 Å². The lowest BCUT2D eigenvalue weighted by Crippen LogP contribution is -2.69. The molecule has 0 amide bonds. The molecule has 94 heavy (non-hydrogen) atoms.